The highest BCUT2D eigenvalue weighted by atomic mass is 32.1. The van der Waals surface area contributed by atoms with Crippen molar-refractivity contribution in [3.05, 3.63) is 145 Å². The molecule has 0 radical (unpaired) electrons. The minimum atomic E-state index is -0.435. The zero-order valence-corrected chi connectivity index (χ0v) is 24.0. The molecule has 0 atom stereocenters. The maximum atomic E-state index is 13.5. The van der Waals surface area contributed by atoms with Gasteiger partial charge in [0.15, 0.2) is 0 Å². The molecule has 0 amide bonds. The predicted octanol–water partition coefficient (Wildman–Crippen LogP) is 4.68. The molecule has 208 valence electrons. The van der Waals surface area contributed by atoms with Crippen molar-refractivity contribution in [1.82, 2.24) is 24.4 Å². The molecule has 0 bridgehead atoms. The van der Waals surface area contributed by atoms with Crippen molar-refractivity contribution >= 4 is 22.4 Å². The van der Waals surface area contributed by atoms with E-state index in [9.17, 15) is 9.59 Å². The molecule has 0 saturated carbocycles. The fourth-order valence-corrected chi connectivity index (χ4v) is 5.53. The normalized spacial score (nSPS) is 11.7. The van der Waals surface area contributed by atoms with E-state index in [1.165, 1.54) is 4.52 Å². The van der Waals surface area contributed by atoms with Crippen LogP contribution >= 0.6 is 11.3 Å². The minimum absolute atomic E-state index is 0.227. The zero-order chi connectivity index (χ0) is 29.2. The van der Waals surface area contributed by atoms with Gasteiger partial charge in [0.05, 0.1) is 10.2 Å². The third-order valence-electron chi connectivity index (χ3n) is 6.80. The summed E-state index contributed by atoms with van der Waals surface area (Å²) in [5.41, 5.74) is 5.65. The van der Waals surface area contributed by atoms with Crippen LogP contribution in [-0.2, 0) is 6.42 Å². The van der Waals surface area contributed by atoms with Gasteiger partial charge in [-0.15, -0.1) is 0 Å². The fourth-order valence-electron chi connectivity index (χ4n) is 4.63. The van der Waals surface area contributed by atoms with E-state index < -0.39 is 5.56 Å². The first-order chi connectivity index (χ1) is 20.4. The van der Waals surface area contributed by atoms with Crippen LogP contribution in [0.4, 0.5) is 0 Å². The van der Waals surface area contributed by atoms with Crippen LogP contribution < -0.4 is 20.4 Å². The van der Waals surface area contributed by atoms with E-state index in [4.69, 9.17) is 9.84 Å². The number of para-hydroxylation sites is 1. The van der Waals surface area contributed by atoms with Crippen LogP contribution in [0.1, 0.15) is 27.9 Å². The van der Waals surface area contributed by atoms with E-state index in [2.05, 4.69) is 16.7 Å². The number of hydrogen-bond donors (Lipinski definition) is 0. The molecule has 0 N–H and O–H groups in total. The summed E-state index contributed by atoms with van der Waals surface area (Å²) in [7, 11) is 0. The lowest BCUT2D eigenvalue weighted by Crippen LogP contribution is -2.28. The van der Waals surface area contributed by atoms with E-state index in [1.807, 2.05) is 92.8 Å². The zero-order valence-electron chi connectivity index (χ0n) is 23.2. The summed E-state index contributed by atoms with van der Waals surface area (Å²) in [6.07, 6.45) is 5.67. The first kappa shape index (κ1) is 27.0. The van der Waals surface area contributed by atoms with Crippen LogP contribution in [0.5, 0.6) is 5.75 Å². The molecule has 0 unspecified atom stereocenters. The molecule has 0 spiro atoms. The topological polar surface area (TPSA) is 91.4 Å². The largest absolute Gasteiger partial charge is 0.489 e. The summed E-state index contributed by atoms with van der Waals surface area (Å²) in [5, 5.41) is 9.30. The summed E-state index contributed by atoms with van der Waals surface area (Å²) >= 11 is 1.13. The van der Waals surface area contributed by atoms with Gasteiger partial charge in [0.2, 0.25) is 4.96 Å². The fraction of sp³-hybridized carbons (Fsp3) is 0.121. The number of thiazole rings is 1. The molecule has 0 fully saturated rings. The van der Waals surface area contributed by atoms with Gasteiger partial charge in [0.1, 0.15) is 23.7 Å². The molecular formula is C33H27N5O3S. The summed E-state index contributed by atoms with van der Waals surface area (Å²) < 4.78 is 9.16. The van der Waals surface area contributed by atoms with E-state index in [0.717, 1.165) is 50.6 Å². The van der Waals surface area contributed by atoms with Crippen molar-refractivity contribution in [1.29, 1.82) is 0 Å². The van der Waals surface area contributed by atoms with Crippen molar-refractivity contribution in [2.45, 2.75) is 20.3 Å². The van der Waals surface area contributed by atoms with Gasteiger partial charge in [-0.1, -0.05) is 72.0 Å². The number of rotatable bonds is 8. The summed E-state index contributed by atoms with van der Waals surface area (Å²) in [6.45, 7) is 8.10. The number of aromatic nitrogens is 5. The molecule has 3 aromatic carbocycles. The van der Waals surface area contributed by atoms with Gasteiger partial charge in [-0.25, -0.2) is 4.68 Å². The number of aryl methyl sites for hydroxylation is 2. The molecular weight excluding hydrogens is 546 g/mol. The molecule has 0 saturated heterocycles. The Bertz CT molecular complexity index is 2090. The lowest BCUT2D eigenvalue weighted by molar-refractivity contribution is 0.361. The Kier molecular flexibility index (Phi) is 7.33. The van der Waals surface area contributed by atoms with E-state index in [-0.39, 0.29) is 16.2 Å². The Morgan fingerprint density at radius 2 is 1.76 bits per heavy atom. The molecule has 42 heavy (non-hydrogen) atoms. The van der Waals surface area contributed by atoms with Gasteiger partial charge >= 0.3 is 0 Å². The molecule has 6 aromatic rings. The lowest BCUT2D eigenvalue weighted by atomic mass is 10.0. The average molecular weight is 574 g/mol. The number of fused-ring (bicyclic) bond motifs is 1. The van der Waals surface area contributed by atoms with Crippen LogP contribution in [0.2, 0.25) is 0 Å². The van der Waals surface area contributed by atoms with E-state index in [0.29, 0.717) is 23.3 Å². The molecule has 6 rings (SSSR count). The summed E-state index contributed by atoms with van der Waals surface area (Å²) in [6, 6.07) is 23.5. The first-order valence-electron chi connectivity index (χ1n) is 13.4. The molecule has 0 aliphatic heterocycles. The predicted molar refractivity (Wildman–Crippen MR) is 166 cm³/mol. The average Bonchev–Trinajstić information content (AvgIpc) is 3.55. The number of ether oxygens (including phenoxy) is 1. The van der Waals surface area contributed by atoms with Crippen LogP contribution in [-0.4, -0.2) is 31.0 Å². The van der Waals surface area contributed by atoms with Crippen molar-refractivity contribution in [3.8, 4) is 22.7 Å². The van der Waals surface area contributed by atoms with Crippen LogP contribution in [0.3, 0.4) is 0 Å². The van der Waals surface area contributed by atoms with Crippen LogP contribution in [0, 0.1) is 13.8 Å². The van der Waals surface area contributed by atoms with Gasteiger partial charge in [0.25, 0.3) is 11.1 Å². The SMILES string of the molecule is C=CCOc1ccc(-c2nn(-c3ccccc3)cc2/C=c2\sc3nc(=O)c(Cc4ccc(C)cc4)nn3c2=O)cc1C. The van der Waals surface area contributed by atoms with Gasteiger partial charge in [-0.3, -0.25) is 9.59 Å². The molecule has 8 nitrogen and oxygen atoms in total. The molecule has 9 heteroatoms. The third kappa shape index (κ3) is 5.42. The third-order valence-corrected chi connectivity index (χ3v) is 7.76. The smallest absolute Gasteiger partial charge is 0.296 e. The highest BCUT2D eigenvalue weighted by Crippen LogP contribution is 2.29. The number of nitrogens with zero attached hydrogens (tertiary/aromatic N) is 5. The number of benzene rings is 3. The van der Waals surface area contributed by atoms with Gasteiger partial charge in [0, 0.05) is 23.7 Å². The van der Waals surface area contributed by atoms with Crippen molar-refractivity contribution in [2.75, 3.05) is 6.61 Å². The highest BCUT2D eigenvalue weighted by Gasteiger charge is 2.16. The Hall–Kier alpha value is -5.15. The van der Waals surface area contributed by atoms with Crippen molar-refractivity contribution < 1.29 is 4.74 Å². The summed E-state index contributed by atoms with van der Waals surface area (Å²) in [5.74, 6) is 0.765. The van der Waals surface area contributed by atoms with Crippen LogP contribution in [0.25, 0.3) is 28.0 Å². The van der Waals surface area contributed by atoms with Gasteiger partial charge in [-0.05, 0) is 61.4 Å². The maximum Gasteiger partial charge on any atom is 0.296 e. The van der Waals surface area contributed by atoms with E-state index in [1.54, 1.807) is 16.8 Å². The highest BCUT2D eigenvalue weighted by molar-refractivity contribution is 7.15. The Morgan fingerprint density at radius 3 is 2.50 bits per heavy atom. The summed E-state index contributed by atoms with van der Waals surface area (Å²) in [4.78, 5) is 30.7. The molecule has 0 aliphatic carbocycles. The standard InChI is InChI=1S/C33H27N5O3S/c1-4-16-41-28-15-14-24(17-22(28)3)30-25(20-37(36-30)26-8-6-5-7-9-26)19-29-32(40)38-33(42-29)34-31(39)27(35-38)18-23-12-10-21(2)11-13-23/h4-15,17,19-20H,1,16,18H2,2-3H3/b29-19-. The van der Waals surface area contributed by atoms with Gasteiger partial charge in [-0.2, -0.15) is 19.7 Å². The minimum Gasteiger partial charge on any atom is -0.489 e. The van der Waals surface area contributed by atoms with Gasteiger partial charge < -0.3 is 4.74 Å². The maximum absolute atomic E-state index is 13.5. The Labute approximate surface area is 245 Å². The Morgan fingerprint density at radius 1 is 0.976 bits per heavy atom. The van der Waals surface area contributed by atoms with Crippen LogP contribution in [0.15, 0.2) is 101 Å². The number of hydrogen-bond acceptors (Lipinski definition) is 7. The van der Waals surface area contributed by atoms with E-state index >= 15 is 0 Å². The Balaban J connectivity index is 1.46. The quantitative estimate of drug-likeness (QED) is 0.246. The first-order valence-corrected chi connectivity index (χ1v) is 14.2. The second kappa shape index (κ2) is 11.4. The van der Waals surface area contributed by atoms with Crippen molar-refractivity contribution in [2.24, 2.45) is 0 Å². The second-order valence-electron chi connectivity index (χ2n) is 9.93. The monoisotopic (exact) mass is 573 g/mol. The van der Waals surface area contributed by atoms with Crippen molar-refractivity contribution in [3.63, 3.8) is 0 Å². The molecule has 0 aliphatic rings. The second-order valence-corrected chi connectivity index (χ2v) is 10.9. The molecule has 3 aromatic heterocycles. The lowest BCUT2D eigenvalue weighted by Gasteiger charge is -2.08. The molecule has 3 heterocycles.